The third-order valence-electron chi connectivity index (χ3n) is 1.72. The normalized spacial score (nSPS) is 13.1. The van der Waals surface area contributed by atoms with E-state index in [1.807, 2.05) is 0 Å². The number of hydrogen-bond acceptors (Lipinski definition) is 3. The van der Waals surface area contributed by atoms with Gasteiger partial charge in [-0.25, -0.2) is 13.1 Å². The standard InChI is InChI=1S/C9H22N2O2S/c1-9(2,3)5-6-10-7-8-11-14(4,12)13/h10-11H,5-8H2,1-4H3. The molecule has 0 saturated heterocycles. The van der Waals surface area contributed by atoms with Gasteiger partial charge in [0.25, 0.3) is 0 Å². The summed E-state index contributed by atoms with van der Waals surface area (Å²) < 4.78 is 23.8. The average Bonchev–Trinajstić information content (AvgIpc) is 1.92. The maximum absolute atomic E-state index is 10.7. The highest BCUT2D eigenvalue weighted by Crippen LogP contribution is 2.16. The molecule has 0 saturated carbocycles. The van der Waals surface area contributed by atoms with E-state index in [2.05, 4.69) is 30.8 Å². The number of nitrogens with one attached hydrogen (secondary N) is 2. The summed E-state index contributed by atoms with van der Waals surface area (Å²) in [5.74, 6) is 0. The first kappa shape index (κ1) is 13.9. The summed E-state index contributed by atoms with van der Waals surface area (Å²) in [6, 6.07) is 0. The van der Waals surface area contributed by atoms with Crippen LogP contribution in [0.15, 0.2) is 0 Å². The Bertz CT molecular complexity index is 242. The van der Waals surface area contributed by atoms with Crippen molar-refractivity contribution in [2.75, 3.05) is 25.9 Å². The summed E-state index contributed by atoms with van der Waals surface area (Å²) in [5, 5.41) is 3.19. The van der Waals surface area contributed by atoms with Gasteiger partial charge in [0.05, 0.1) is 6.26 Å². The minimum absolute atomic E-state index is 0.331. The molecule has 14 heavy (non-hydrogen) atoms. The van der Waals surface area contributed by atoms with Crippen molar-refractivity contribution in [3.05, 3.63) is 0 Å². The molecule has 0 aromatic heterocycles. The summed E-state index contributed by atoms with van der Waals surface area (Å²) in [6.07, 6.45) is 2.26. The SMILES string of the molecule is CC(C)(C)CCNCCNS(C)(=O)=O. The fourth-order valence-electron chi connectivity index (χ4n) is 0.913. The monoisotopic (exact) mass is 222 g/mol. The van der Waals surface area contributed by atoms with E-state index in [0.29, 0.717) is 18.5 Å². The van der Waals surface area contributed by atoms with Crippen molar-refractivity contribution in [2.45, 2.75) is 27.2 Å². The maximum Gasteiger partial charge on any atom is 0.208 e. The lowest BCUT2D eigenvalue weighted by molar-refractivity contribution is 0.367. The van der Waals surface area contributed by atoms with Gasteiger partial charge in [-0.3, -0.25) is 0 Å². The Morgan fingerprint density at radius 2 is 1.64 bits per heavy atom. The molecule has 0 amide bonds. The quantitative estimate of drug-likeness (QED) is 0.646. The zero-order valence-electron chi connectivity index (χ0n) is 9.55. The lowest BCUT2D eigenvalue weighted by Gasteiger charge is -2.17. The van der Waals surface area contributed by atoms with Gasteiger partial charge < -0.3 is 5.32 Å². The molecule has 0 aromatic carbocycles. The van der Waals surface area contributed by atoms with Crippen LogP contribution >= 0.6 is 0 Å². The number of sulfonamides is 1. The summed E-state index contributed by atoms with van der Waals surface area (Å²) in [7, 11) is -3.03. The van der Waals surface area contributed by atoms with Crippen molar-refractivity contribution in [3.63, 3.8) is 0 Å². The largest absolute Gasteiger partial charge is 0.315 e. The van der Waals surface area contributed by atoms with E-state index in [-0.39, 0.29) is 0 Å². The highest BCUT2D eigenvalue weighted by atomic mass is 32.2. The van der Waals surface area contributed by atoms with Crippen LogP contribution in [0.1, 0.15) is 27.2 Å². The molecule has 0 heterocycles. The molecule has 0 aliphatic heterocycles. The van der Waals surface area contributed by atoms with Gasteiger partial charge in [0.1, 0.15) is 0 Å². The second kappa shape index (κ2) is 5.68. The lowest BCUT2D eigenvalue weighted by atomic mass is 9.92. The van der Waals surface area contributed by atoms with Gasteiger partial charge in [-0.15, -0.1) is 0 Å². The summed E-state index contributed by atoms with van der Waals surface area (Å²) in [6.45, 7) is 8.62. The van der Waals surface area contributed by atoms with E-state index in [9.17, 15) is 8.42 Å². The van der Waals surface area contributed by atoms with Gasteiger partial charge in [0, 0.05) is 13.1 Å². The van der Waals surface area contributed by atoms with Gasteiger partial charge >= 0.3 is 0 Å². The Morgan fingerprint density at radius 3 is 2.07 bits per heavy atom. The molecule has 0 atom stereocenters. The van der Waals surface area contributed by atoms with Crippen LogP contribution in [0, 0.1) is 5.41 Å². The first-order valence-corrected chi connectivity index (χ1v) is 6.75. The van der Waals surface area contributed by atoms with Crippen LogP contribution in [0.5, 0.6) is 0 Å². The molecular formula is C9H22N2O2S. The zero-order valence-corrected chi connectivity index (χ0v) is 10.4. The molecule has 0 aromatic rings. The molecule has 0 fully saturated rings. The van der Waals surface area contributed by atoms with Crippen molar-refractivity contribution in [3.8, 4) is 0 Å². The van der Waals surface area contributed by atoms with E-state index in [1.165, 1.54) is 6.26 Å². The van der Waals surface area contributed by atoms with Crippen molar-refractivity contribution >= 4 is 10.0 Å². The zero-order chi connectivity index (χ0) is 11.2. The fourth-order valence-corrected chi connectivity index (χ4v) is 1.39. The van der Waals surface area contributed by atoms with Crippen LogP contribution < -0.4 is 10.0 Å². The Hall–Kier alpha value is -0.130. The molecule has 0 radical (unpaired) electrons. The third-order valence-corrected chi connectivity index (χ3v) is 2.45. The fraction of sp³-hybridized carbons (Fsp3) is 1.00. The number of hydrogen-bond donors (Lipinski definition) is 2. The minimum Gasteiger partial charge on any atom is -0.315 e. The second-order valence-electron chi connectivity index (χ2n) is 4.73. The van der Waals surface area contributed by atoms with Gasteiger partial charge in [0.2, 0.25) is 10.0 Å². The summed E-state index contributed by atoms with van der Waals surface area (Å²) in [5.41, 5.74) is 0.331. The molecule has 0 aliphatic rings. The molecule has 0 bridgehead atoms. The van der Waals surface area contributed by atoms with E-state index >= 15 is 0 Å². The Morgan fingerprint density at radius 1 is 1.07 bits per heavy atom. The van der Waals surface area contributed by atoms with E-state index in [4.69, 9.17) is 0 Å². The van der Waals surface area contributed by atoms with Crippen LogP contribution in [0.25, 0.3) is 0 Å². The van der Waals surface area contributed by atoms with Gasteiger partial charge in [-0.1, -0.05) is 20.8 Å². The Labute approximate surface area is 87.5 Å². The number of rotatable bonds is 6. The molecule has 5 heteroatoms. The molecule has 0 rings (SSSR count). The molecular weight excluding hydrogens is 200 g/mol. The van der Waals surface area contributed by atoms with Gasteiger partial charge in [-0.2, -0.15) is 0 Å². The molecule has 0 spiro atoms. The Balaban J connectivity index is 3.32. The van der Waals surface area contributed by atoms with Crippen molar-refractivity contribution in [1.82, 2.24) is 10.0 Å². The van der Waals surface area contributed by atoms with Crippen molar-refractivity contribution in [2.24, 2.45) is 5.41 Å². The molecule has 0 aliphatic carbocycles. The van der Waals surface area contributed by atoms with Crippen molar-refractivity contribution < 1.29 is 8.42 Å². The smallest absolute Gasteiger partial charge is 0.208 e. The molecule has 0 unspecified atom stereocenters. The topological polar surface area (TPSA) is 58.2 Å². The Kier molecular flexibility index (Phi) is 5.63. The minimum atomic E-state index is -3.03. The second-order valence-corrected chi connectivity index (χ2v) is 6.56. The first-order valence-electron chi connectivity index (χ1n) is 4.86. The van der Waals surface area contributed by atoms with Crippen LogP contribution in [0.4, 0.5) is 0 Å². The van der Waals surface area contributed by atoms with Gasteiger partial charge in [-0.05, 0) is 18.4 Å². The summed E-state index contributed by atoms with van der Waals surface area (Å²) in [4.78, 5) is 0. The lowest BCUT2D eigenvalue weighted by Crippen LogP contribution is -2.32. The summed E-state index contributed by atoms with van der Waals surface area (Å²) >= 11 is 0. The van der Waals surface area contributed by atoms with Crippen LogP contribution in [-0.4, -0.2) is 34.3 Å². The molecule has 86 valence electrons. The highest BCUT2D eigenvalue weighted by molar-refractivity contribution is 7.88. The van der Waals surface area contributed by atoms with Gasteiger partial charge in [0.15, 0.2) is 0 Å². The van der Waals surface area contributed by atoms with E-state index in [1.54, 1.807) is 0 Å². The average molecular weight is 222 g/mol. The maximum atomic E-state index is 10.7. The molecule has 2 N–H and O–H groups in total. The first-order chi connectivity index (χ1) is 6.21. The van der Waals surface area contributed by atoms with E-state index < -0.39 is 10.0 Å². The van der Waals surface area contributed by atoms with Crippen LogP contribution in [0.3, 0.4) is 0 Å². The molecule has 4 nitrogen and oxygen atoms in total. The predicted molar refractivity (Wildman–Crippen MR) is 59.8 cm³/mol. The van der Waals surface area contributed by atoms with Crippen molar-refractivity contribution in [1.29, 1.82) is 0 Å². The predicted octanol–water partition coefficient (Wildman–Crippen LogP) is 0.561. The third kappa shape index (κ3) is 11.9. The highest BCUT2D eigenvalue weighted by Gasteiger charge is 2.08. The van der Waals surface area contributed by atoms with E-state index in [0.717, 1.165) is 13.0 Å². The van der Waals surface area contributed by atoms with Crippen LogP contribution in [0.2, 0.25) is 0 Å². The van der Waals surface area contributed by atoms with Crippen LogP contribution in [-0.2, 0) is 10.0 Å².